The van der Waals surface area contributed by atoms with Crippen LogP contribution in [0.3, 0.4) is 0 Å². The first-order valence-electron chi connectivity index (χ1n) is 16.3. The van der Waals surface area contributed by atoms with Crippen molar-refractivity contribution in [2.24, 2.45) is 0 Å². The SMILES string of the molecule is C[C@@H](Cc1ccc(OCC(F)(F)c2ccccc2)cc1)NC[C@@H](O[Si](C)(C)C(C)(C)C)c1ccc(OCc2ccccc2)c(NC=O)c1. The van der Waals surface area contributed by atoms with E-state index in [-0.39, 0.29) is 22.7 Å². The molecule has 0 aliphatic heterocycles. The van der Waals surface area contributed by atoms with Gasteiger partial charge in [-0.15, -0.1) is 0 Å². The quantitative estimate of drug-likeness (QED) is 0.0863. The molecule has 0 saturated carbocycles. The molecular weight excluding hydrogens is 627 g/mol. The van der Waals surface area contributed by atoms with Gasteiger partial charge in [-0.25, -0.2) is 0 Å². The molecule has 48 heavy (non-hydrogen) atoms. The molecule has 2 atom stereocenters. The van der Waals surface area contributed by atoms with Gasteiger partial charge in [-0.1, -0.05) is 99.6 Å². The molecule has 4 aromatic rings. The van der Waals surface area contributed by atoms with E-state index < -0.39 is 20.8 Å². The number of halogens is 2. The molecule has 0 spiro atoms. The number of carbonyl (C=O) groups excluding carboxylic acids is 1. The molecule has 0 heterocycles. The first-order valence-corrected chi connectivity index (χ1v) is 19.3. The Kier molecular flexibility index (Phi) is 12.5. The Labute approximate surface area is 285 Å². The van der Waals surface area contributed by atoms with Crippen LogP contribution in [0.4, 0.5) is 14.5 Å². The normalized spacial score (nSPS) is 13.4. The topological polar surface area (TPSA) is 68.8 Å². The van der Waals surface area contributed by atoms with Gasteiger partial charge in [0.25, 0.3) is 0 Å². The first kappa shape index (κ1) is 36.8. The highest BCUT2D eigenvalue weighted by atomic mass is 28.4. The molecule has 256 valence electrons. The highest BCUT2D eigenvalue weighted by Gasteiger charge is 2.39. The Balaban J connectivity index is 1.42. The van der Waals surface area contributed by atoms with Crippen molar-refractivity contribution in [2.75, 3.05) is 18.5 Å². The summed E-state index contributed by atoms with van der Waals surface area (Å²) in [7, 11) is -2.18. The van der Waals surface area contributed by atoms with E-state index in [4.69, 9.17) is 13.9 Å². The van der Waals surface area contributed by atoms with Gasteiger partial charge in [-0.05, 0) is 72.4 Å². The smallest absolute Gasteiger partial charge is 0.306 e. The second kappa shape index (κ2) is 16.4. The lowest BCUT2D eigenvalue weighted by Crippen LogP contribution is -2.44. The summed E-state index contributed by atoms with van der Waals surface area (Å²) in [5.74, 6) is -2.10. The Bertz CT molecular complexity index is 1580. The number of hydrogen-bond acceptors (Lipinski definition) is 5. The van der Waals surface area contributed by atoms with Crippen LogP contribution in [0.5, 0.6) is 11.5 Å². The van der Waals surface area contributed by atoms with Crippen molar-refractivity contribution in [3.63, 3.8) is 0 Å². The molecule has 2 N–H and O–H groups in total. The highest BCUT2D eigenvalue weighted by Crippen LogP contribution is 2.40. The van der Waals surface area contributed by atoms with Crippen LogP contribution in [0.25, 0.3) is 0 Å². The third-order valence-corrected chi connectivity index (χ3v) is 13.3. The number of nitrogens with one attached hydrogen (secondary N) is 2. The summed E-state index contributed by atoms with van der Waals surface area (Å²) in [6.45, 7) is 13.4. The molecule has 0 unspecified atom stereocenters. The van der Waals surface area contributed by atoms with Gasteiger partial charge in [0, 0.05) is 18.2 Å². The van der Waals surface area contributed by atoms with Gasteiger partial charge in [0.15, 0.2) is 14.9 Å². The van der Waals surface area contributed by atoms with Crippen LogP contribution in [0.15, 0.2) is 103 Å². The fourth-order valence-corrected chi connectivity index (χ4v) is 6.22. The Morgan fingerprint density at radius 1 is 0.833 bits per heavy atom. The first-order chi connectivity index (χ1) is 22.8. The standard InChI is InChI=1S/C39H48F2N2O4Si/c1-29(23-30-17-20-34(21-18-30)46-27-39(40,41)33-15-11-8-12-16-33)42-25-37(47-48(5,6)38(2,3)4)32-19-22-36(35(24-32)43-28-44)45-26-31-13-9-7-10-14-31/h7-22,24,28-29,37,42H,23,25-27H2,1-6H3,(H,43,44)/t29-,37+/m0/s1. The maximum atomic E-state index is 14.5. The van der Waals surface area contributed by atoms with Crippen molar-refractivity contribution in [3.8, 4) is 11.5 Å². The van der Waals surface area contributed by atoms with Crippen molar-refractivity contribution in [1.82, 2.24) is 5.32 Å². The van der Waals surface area contributed by atoms with E-state index in [1.807, 2.05) is 60.7 Å². The van der Waals surface area contributed by atoms with Crippen LogP contribution in [0.2, 0.25) is 18.1 Å². The fourth-order valence-electron chi connectivity index (χ4n) is 4.94. The predicted molar refractivity (Wildman–Crippen MR) is 191 cm³/mol. The number of rotatable bonds is 17. The summed E-state index contributed by atoms with van der Waals surface area (Å²) in [6.07, 6.45) is 1.10. The monoisotopic (exact) mass is 674 g/mol. The maximum absolute atomic E-state index is 14.5. The number of hydrogen-bond donors (Lipinski definition) is 2. The largest absolute Gasteiger partial charge is 0.487 e. The summed E-state index contributed by atoms with van der Waals surface area (Å²) < 4.78 is 47.5. The summed E-state index contributed by atoms with van der Waals surface area (Å²) in [5.41, 5.74) is 3.53. The minimum Gasteiger partial charge on any atom is -0.487 e. The van der Waals surface area contributed by atoms with E-state index >= 15 is 0 Å². The average molecular weight is 675 g/mol. The number of carbonyl (C=O) groups is 1. The number of amides is 1. The van der Waals surface area contributed by atoms with Gasteiger partial charge in [-0.2, -0.15) is 8.78 Å². The van der Waals surface area contributed by atoms with Crippen LogP contribution in [0, 0.1) is 0 Å². The van der Waals surface area contributed by atoms with Crippen molar-refractivity contribution in [2.45, 2.75) is 76.9 Å². The maximum Gasteiger partial charge on any atom is 0.306 e. The van der Waals surface area contributed by atoms with Crippen LogP contribution >= 0.6 is 0 Å². The number of alkyl halides is 2. The van der Waals surface area contributed by atoms with E-state index in [0.717, 1.165) is 23.1 Å². The molecule has 4 rings (SSSR count). The summed E-state index contributed by atoms with van der Waals surface area (Å²) in [5, 5.41) is 6.44. The number of ether oxygens (including phenoxy) is 2. The number of benzene rings is 4. The van der Waals surface area contributed by atoms with E-state index in [2.05, 4.69) is 51.4 Å². The van der Waals surface area contributed by atoms with Crippen LogP contribution in [-0.4, -0.2) is 33.9 Å². The molecule has 4 aromatic carbocycles. The lowest BCUT2D eigenvalue weighted by atomic mass is 10.1. The van der Waals surface area contributed by atoms with Crippen LogP contribution in [0.1, 0.15) is 56.1 Å². The van der Waals surface area contributed by atoms with E-state index in [9.17, 15) is 13.6 Å². The fraction of sp³-hybridized carbons (Fsp3) is 0.359. The summed E-state index contributed by atoms with van der Waals surface area (Å²) in [6, 6.07) is 30.8. The molecule has 0 aliphatic carbocycles. The Hall–Kier alpha value is -4.05. The molecule has 9 heteroatoms. The second-order valence-corrected chi connectivity index (χ2v) is 18.4. The summed E-state index contributed by atoms with van der Waals surface area (Å²) in [4.78, 5) is 11.5. The highest BCUT2D eigenvalue weighted by molar-refractivity contribution is 6.74. The van der Waals surface area contributed by atoms with Gasteiger partial charge in [-0.3, -0.25) is 4.79 Å². The molecule has 0 saturated heterocycles. The minimum absolute atomic E-state index is 0.00560. The van der Waals surface area contributed by atoms with Gasteiger partial charge >= 0.3 is 5.92 Å². The minimum atomic E-state index is -3.08. The lowest BCUT2D eigenvalue weighted by Gasteiger charge is -2.40. The van der Waals surface area contributed by atoms with Crippen LogP contribution in [-0.2, 0) is 28.2 Å². The average Bonchev–Trinajstić information content (AvgIpc) is 3.06. The predicted octanol–water partition coefficient (Wildman–Crippen LogP) is 9.29. The third-order valence-electron chi connectivity index (χ3n) is 8.80. The van der Waals surface area contributed by atoms with E-state index in [1.54, 1.807) is 30.3 Å². The molecular formula is C39H48F2N2O4Si. The Morgan fingerprint density at radius 3 is 2.10 bits per heavy atom. The summed E-state index contributed by atoms with van der Waals surface area (Å²) >= 11 is 0. The molecule has 6 nitrogen and oxygen atoms in total. The Morgan fingerprint density at radius 2 is 1.48 bits per heavy atom. The molecule has 0 aromatic heterocycles. The lowest BCUT2D eigenvalue weighted by molar-refractivity contribution is -0.105. The molecule has 1 amide bonds. The van der Waals surface area contributed by atoms with Gasteiger partial charge in [0.2, 0.25) is 6.41 Å². The van der Waals surface area contributed by atoms with Crippen molar-refractivity contribution >= 4 is 20.4 Å². The number of anilines is 1. The van der Waals surface area contributed by atoms with Crippen molar-refractivity contribution in [3.05, 3.63) is 125 Å². The van der Waals surface area contributed by atoms with Gasteiger partial charge < -0.3 is 24.5 Å². The molecule has 0 fully saturated rings. The zero-order chi connectivity index (χ0) is 34.8. The zero-order valence-corrected chi connectivity index (χ0v) is 29.8. The molecule has 0 radical (unpaired) electrons. The molecule has 0 aliphatic rings. The van der Waals surface area contributed by atoms with Crippen LogP contribution < -0.4 is 20.1 Å². The van der Waals surface area contributed by atoms with Gasteiger partial charge in [0.1, 0.15) is 18.1 Å². The van der Waals surface area contributed by atoms with E-state index in [0.29, 0.717) is 36.7 Å². The third kappa shape index (κ3) is 10.5. The molecule has 0 bridgehead atoms. The second-order valence-electron chi connectivity index (χ2n) is 13.7. The van der Waals surface area contributed by atoms with E-state index in [1.165, 1.54) is 12.1 Å². The van der Waals surface area contributed by atoms with Crippen molar-refractivity contribution in [1.29, 1.82) is 0 Å². The van der Waals surface area contributed by atoms with Gasteiger partial charge in [0.05, 0.1) is 11.8 Å². The zero-order valence-electron chi connectivity index (χ0n) is 28.8. The van der Waals surface area contributed by atoms with Crippen molar-refractivity contribution < 1.29 is 27.5 Å².